The third kappa shape index (κ3) is 2.37. The molecule has 0 amide bonds. The Morgan fingerprint density at radius 1 is 1.10 bits per heavy atom. The average Bonchev–Trinajstić information content (AvgIpc) is 2.97. The van der Waals surface area contributed by atoms with Gasteiger partial charge in [-0.1, -0.05) is 42.5 Å². The van der Waals surface area contributed by atoms with Gasteiger partial charge in [-0.25, -0.2) is 0 Å². The van der Waals surface area contributed by atoms with E-state index in [0.717, 1.165) is 12.0 Å². The largest absolute Gasteiger partial charge is 0.312 e. The number of fused-ring (bicyclic) bond motifs is 2. The predicted molar refractivity (Wildman–Crippen MR) is 88.5 cm³/mol. The molecule has 2 nitrogen and oxygen atoms in total. The normalized spacial score (nSPS) is 27.7. The van der Waals surface area contributed by atoms with Crippen LogP contribution in [0.25, 0.3) is 10.8 Å². The molecular formula is C19H24N2. The molecule has 2 fully saturated rings. The van der Waals surface area contributed by atoms with Crippen LogP contribution in [-0.2, 0) is 0 Å². The number of benzene rings is 2. The number of nitrogens with one attached hydrogen (secondary N) is 1. The molecule has 21 heavy (non-hydrogen) atoms. The standard InChI is InChI=1S/C19H24N2/c1-14(21-12-16-8-5-11-20-19(16)13-21)17-10-4-7-15-6-2-3-9-18(15)17/h2-4,6-7,9-10,14,16,19-20H,5,8,11-13H2,1H3/t14?,16-,19+/m0/s1. The number of hydrogen-bond donors (Lipinski definition) is 1. The fourth-order valence-electron chi connectivity index (χ4n) is 4.21. The summed E-state index contributed by atoms with van der Waals surface area (Å²) in [6.45, 7) is 6.04. The van der Waals surface area contributed by atoms with E-state index in [0.29, 0.717) is 6.04 Å². The molecule has 0 aliphatic carbocycles. The third-order valence-corrected chi connectivity index (χ3v) is 5.45. The van der Waals surface area contributed by atoms with Gasteiger partial charge in [0.25, 0.3) is 0 Å². The number of likely N-dealkylation sites (tertiary alicyclic amines) is 1. The van der Waals surface area contributed by atoms with Crippen molar-refractivity contribution < 1.29 is 0 Å². The van der Waals surface area contributed by atoms with Crippen LogP contribution in [0, 0.1) is 5.92 Å². The van der Waals surface area contributed by atoms with Crippen LogP contribution in [0.5, 0.6) is 0 Å². The van der Waals surface area contributed by atoms with Crippen molar-refractivity contribution in [2.75, 3.05) is 19.6 Å². The van der Waals surface area contributed by atoms with Crippen molar-refractivity contribution in [3.63, 3.8) is 0 Å². The lowest BCUT2D eigenvalue weighted by molar-refractivity contribution is 0.252. The fourth-order valence-corrected chi connectivity index (χ4v) is 4.21. The Morgan fingerprint density at radius 3 is 2.86 bits per heavy atom. The fraction of sp³-hybridized carbons (Fsp3) is 0.474. The molecule has 2 aromatic carbocycles. The molecule has 110 valence electrons. The van der Waals surface area contributed by atoms with Crippen LogP contribution in [0.1, 0.15) is 31.4 Å². The highest BCUT2D eigenvalue weighted by molar-refractivity contribution is 5.86. The Balaban J connectivity index is 1.63. The molecule has 0 spiro atoms. The van der Waals surface area contributed by atoms with E-state index >= 15 is 0 Å². The topological polar surface area (TPSA) is 15.3 Å². The molecule has 0 saturated carbocycles. The van der Waals surface area contributed by atoms with Gasteiger partial charge in [0.15, 0.2) is 0 Å². The van der Waals surface area contributed by atoms with Crippen LogP contribution >= 0.6 is 0 Å². The minimum absolute atomic E-state index is 0.503. The number of hydrogen-bond acceptors (Lipinski definition) is 2. The molecule has 1 N–H and O–H groups in total. The van der Waals surface area contributed by atoms with Gasteiger partial charge in [0.2, 0.25) is 0 Å². The second-order valence-corrected chi connectivity index (χ2v) is 6.66. The molecule has 2 heteroatoms. The predicted octanol–water partition coefficient (Wildman–Crippen LogP) is 3.58. The van der Waals surface area contributed by atoms with Gasteiger partial charge >= 0.3 is 0 Å². The zero-order valence-corrected chi connectivity index (χ0v) is 12.8. The second-order valence-electron chi connectivity index (χ2n) is 6.66. The second kappa shape index (κ2) is 5.43. The van der Waals surface area contributed by atoms with Gasteiger partial charge in [0.05, 0.1) is 0 Å². The zero-order valence-electron chi connectivity index (χ0n) is 12.8. The van der Waals surface area contributed by atoms with Crippen molar-refractivity contribution >= 4 is 10.8 Å². The maximum absolute atomic E-state index is 3.71. The van der Waals surface area contributed by atoms with E-state index in [9.17, 15) is 0 Å². The Labute approximate surface area is 127 Å². The summed E-state index contributed by atoms with van der Waals surface area (Å²) in [5.41, 5.74) is 1.48. The molecule has 2 aromatic rings. The van der Waals surface area contributed by atoms with Crippen LogP contribution in [0.15, 0.2) is 42.5 Å². The summed E-state index contributed by atoms with van der Waals surface area (Å²) in [7, 11) is 0. The third-order valence-electron chi connectivity index (χ3n) is 5.45. The molecule has 0 bridgehead atoms. The molecule has 2 aliphatic heterocycles. The maximum Gasteiger partial charge on any atom is 0.0326 e. The highest BCUT2D eigenvalue weighted by Crippen LogP contribution is 2.34. The van der Waals surface area contributed by atoms with Crippen molar-refractivity contribution in [1.82, 2.24) is 10.2 Å². The first-order chi connectivity index (χ1) is 10.3. The molecule has 2 aliphatic rings. The van der Waals surface area contributed by atoms with Gasteiger partial charge in [0, 0.05) is 25.2 Å². The Hall–Kier alpha value is -1.38. The van der Waals surface area contributed by atoms with Gasteiger partial charge in [-0.15, -0.1) is 0 Å². The SMILES string of the molecule is CC(c1cccc2ccccc12)N1C[C@@H]2CCCN[C@@H]2C1. The average molecular weight is 280 g/mol. The van der Waals surface area contributed by atoms with Gasteiger partial charge in [-0.05, 0) is 48.6 Å². The monoisotopic (exact) mass is 280 g/mol. The van der Waals surface area contributed by atoms with Gasteiger partial charge < -0.3 is 5.32 Å². The Kier molecular flexibility index (Phi) is 3.44. The minimum Gasteiger partial charge on any atom is -0.312 e. The number of piperidine rings is 1. The summed E-state index contributed by atoms with van der Waals surface area (Å²) in [5, 5.41) is 6.48. The van der Waals surface area contributed by atoms with Crippen LogP contribution in [-0.4, -0.2) is 30.6 Å². The zero-order chi connectivity index (χ0) is 14.2. The van der Waals surface area contributed by atoms with Crippen LogP contribution < -0.4 is 5.32 Å². The first-order valence-electron chi connectivity index (χ1n) is 8.28. The van der Waals surface area contributed by atoms with Crippen molar-refractivity contribution in [1.29, 1.82) is 0 Å². The lowest BCUT2D eigenvalue weighted by Gasteiger charge is -2.26. The first-order valence-corrected chi connectivity index (χ1v) is 8.28. The summed E-state index contributed by atoms with van der Waals surface area (Å²) in [5.74, 6) is 0.858. The van der Waals surface area contributed by atoms with E-state index in [1.165, 1.54) is 48.8 Å². The quantitative estimate of drug-likeness (QED) is 0.904. The smallest absolute Gasteiger partial charge is 0.0326 e. The molecule has 3 atom stereocenters. The molecule has 2 saturated heterocycles. The minimum atomic E-state index is 0.503. The van der Waals surface area contributed by atoms with Crippen molar-refractivity contribution in [2.24, 2.45) is 5.92 Å². The van der Waals surface area contributed by atoms with Crippen molar-refractivity contribution in [2.45, 2.75) is 31.8 Å². The van der Waals surface area contributed by atoms with E-state index in [4.69, 9.17) is 0 Å². The van der Waals surface area contributed by atoms with Crippen LogP contribution in [0.4, 0.5) is 0 Å². The van der Waals surface area contributed by atoms with Gasteiger partial charge in [-0.2, -0.15) is 0 Å². The highest BCUT2D eigenvalue weighted by Gasteiger charge is 2.36. The summed E-state index contributed by atoms with van der Waals surface area (Å²) in [6, 6.07) is 16.7. The van der Waals surface area contributed by atoms with Gasteiger partial charge in [-0.3, -0.25) is 4.90 Å². The van der Waals surface area contributed by atoms with Crippen molar-refractivity contribution in [3.8, 4) is 0 Å². The summed E-state index contributed by atoms with van der Waals surface area (Å²) in [4.78, 5) is 2.68. The van der Waals surface area contributed by atoms with Crippen LogP contribution in [0.2, 0.25) is 0 Å². The molecule has 0 aromatic heterocycles. The van der Waals surface area contributed by atoms with E-state index < -0.39 is 0 Å². The van der Waals surface area contributed by atoms with Gasteiger partial charge in [0.1, 0.15) is 0 Å². The number of nitrogens with zero attached hydrogens (tertiary/aromatic N) is 1. The molecular weight excluding hydrogens is 256 g/mol. The molecule has 1 unspecified atom stereocenters. The Bertz CT molecular complexity index is 617. The van der Waals surface area contributed by atoms with E-state index in [1.54, 1.807) is 0 Å². The lowest BCUT2D eigenvalue weighted by atomic mass is 9.94. The lowest BCUT2D eigenvalue weighted by Crippen LogP contribution is -2.40. The number of rotatable bonds is 2. The van der Waals surface area contributed by atoms with Crippen molar-refractivity contribution in [3.05, 3.63) is 48.0 Å². The maximum atomic E-state index is 3.71. The Morgan fingerprint density at radius 2 is 1.95 bits per heavy atom. The summed E-state index contributed by atoms with van der Waals surface area (Å²) >= 11 is 0. The molecule has 0 radical (unpaired) electrons. The first kappa shape index (κ1) is 13.3. The highest BCUT2D eigenvalue weighted by atomic mass is 15.2. The van der Waals surface area contributed by atoms with E-state index in [1.807, 2.05) is 0 Å². The van der Waals surface area contributed by atoms with Crippen LogP contribution in [0.3, 0.4) is 0 Å². The van der Waals surface area contributed by atoms with E-state index in [2.05, 4.69) is 59.6 Å². The summed E-state index contributed by atoms with van der Waals surface area (Å²) < 4.78 is 0. The molecule has 2 heterocycles. The molecule has 4 rings (SSSR count). The van der Waals surface area contributed by atoms with E-state index in [-0.39, 0.29) is 0 Å². The summed E-state index contributed by atoms with van der Waals surface area (Å²) in [6.07, 6.45) is 2.74.